The van der Waals surface area contributed by atoms with Crippen molar-refractivity contribution in [1.29, 1.82) is 0 Å². The third-order valence-corrected chi connectivity index (χ3v) is 10.1. The average Bonchev–Trinajstić information content (AvgIpc) is 3.13. The Kier molecular flexibility index (Phi) is 10.5. The quantitative estimate of drug-likeness (QED) is 0.0538. The minimum atomic E-state index is -4.79. The van der Waals surface area contributed by atoms with E-state index in [-0.39, 0.29) is 54.9 Å². The molecule has 6 aromatic carbocycles. The lowest BCUT2D eigenvalue weighted by Gasteiger charge is -2.23. The lowest BCUT2D eigenvalue weighted by molar-refractivity contribution is -0.137. The average molecular weight is 805 g/mol. The first-order valence-electron chi connectivity index (χ1n) is 18.0. The first-order valence-corrected chi connectivity index (χ1v) is 18.0. The van der Waals surface area contributed by atoms with Crippen LogP contribution in [0.5, 0.6) is 34.5 Å². The number of hydrogen-bond acceptors (Lipinski definition) is 8. The standard InChI is InChI=1S/C44H38F6N2O6/c1-19(2)31-23-15-21(5)33(39(55)35(23)25(37(53)41(31)57)17-51-29-13-9-7-11-27(29)43(45,46)47)34-22(6)16-24-32(20(3)4)42(58)38(54)26(36(24)40(34)56)18-52-30-14-10-8-12-28(30)44(48,49)50/h7-20,53-58H,1-6H3. The molecule has 302 valence electrons. The zero-order valence-electron chi connectivity index (χ0n) is 31.9. The van der Waals surface area contributed by atoms with Crippen LogP contribution in [0.2, 0.25) is 0 Å². The maximum absolute atomic E-state index is 13.9. The Morgan fingerprint density at radius 1 is 0.500 bits per heavy atom. The zero-order chi connectivity index (χ0) is 42.8. The Labute approximate surface area is 328 Å². The van der Waals surface area contributed by atoms with E-state index < -0.39 is 81.2 Å². The van der Waals surface area contributed by atoms with E-state index in [2.05, 4.69) is 9.98 Å². The molecular formula is C44H38F6N2O6. The van der Waals surface area contributed by atoms with Gasteiger partial charge in [0.1, 0.15) is 11.5 Å². The van der Waals surface area contributed by atoms with E-state index in [1.54, 1.807) is 53.7 Å². The highest BCUT2D eigenvalue weighted by atomic mass is 19.4. The smallest absolute Gasteiger partial charge is 0.418 e. The summed E-state index contributed by atoms with van der Waals surface area (Å²) < 4.78 is 83.3. The number of halogens is 6. The first-order chi connectivity index (χ1) is 27.1. The molecule has 0 heterocycles. The number of aromatic hydroxyl groups is 6. The van der Waals surface area contributed by atoms with Gasteiger partial charge in [-0.1, -0.05) is 64.1 Å². The third-order valence-electron chi connectivity index (χ3n) is 10.1. The fraction of sp³-hybridized carbons (Fsp3) is 0.227. The molecule has 6 rings (SSSR count). The lowest BCUT2D eigenvalue weighted by Crippen LogP contribution is -2.05. The van der Waals surface area contributed by atoms with Crippen molar-refractivity contribution in [2.75, 3.05) is 0 Å². The van der Waals surface area contributed by atoms with Crippen LogP contribution in [0.1, 0.15) is 84.0 Å². The first kappa shape index (κ1) is 41.2. The number of para-hydroxylation sites is 2. The summed E-state index contributed by atoms with van der Waals surface area (Å²) in [6.07, 6.45) is -7.79. The second-order valence-corrected chi connectivity index (χ2v) is 14.6. The highest BCUT2D eigenvalue weighted by Crippen LogP contribution is 2.54. The third kappa shape index (κ3) is 6.96. The molecule has 0 unspecified atom stereocenters. The molecule has 0 saturated carbocycles. The predicted molar refractivity (Wildman–Crippen MR) is 212 cm³/mol. The Bertz CT molecular complexity index is 2510. The second-order valence-electron chi connectivity index (χ2n) is 14.6. The fourth-order valence-electron chi connectivity index (χ4n) is 7.54. The normalized spacial score (nSPS) is 12.7. The van der Waals surface area contributed by atoms with E-state index in [1.165, 1.54) is 24.3 Å². The van der Waals surface area contributed by atoms with Gasteiger partial charge in [0, 0.05) is 45.5 Å². The van der Waals surface area contributed by atoms with Crippen molar-refractivity contribution >= 4 is 45.3 Å². The van der Waals surface area contributed by atoms with Gasteiger partial charge in [-0.3, -0.25) is 9.98 Å². The summed E-state index contributed by atoms with van der Waals surface area (Å²) in [4.78, 5) is 8.04. The maximum atomic E-state index is 13.9. The number of rotatable bonds is 7. The summed E-state index contributed by atoms with van der Waals surface area (Å²) in [5.41, 5.74) is -2.88. The van der Waals surface area contributed by atoms with Crippen molar-refractivity contribution in [3.8, 4) is 45.6 Å². The van der Waals surface area contributed by atoms with Gasteiger partial charge in [-0.05, 0) is 71.8 Å². The SMILES string of the molecule is Cc1cc2c(C(C)C)c(O)c(O)c(C=Nc3ccccc3C(F)(F)F)c2c(O)c1-c1c(C)cc2c(C(C)C)c(O)c(O)c(C=Nc3ccccc3C(F)(F)F)c2c1O. The molecule has 0 fully saturated rings. The van der Waals surface area contributed by atoms with E-state index in [1.807, 2.05) is 0 Å². The highest BCUT2D eigenvalue weighted by Gasteiger charge is 2.35. The van der Waals surface area contributed by atoms with Gasteiger partial charge in [0.15, 0.2) is 23.0 Å². The van der Waals surface area contributed by atoms with E-state index in [0.29, 0.717) is 11.1 Å². The number of nitrogens with zero attached hydrogens (tertiary/aromatic N) is 2. The summed E-state index contributed by atoms with van der Waals surface area (Å²) >= 11 is 0. The van der Waals surface area contributed by atoms with Crippen LogP contribution in [0.4, 0.5) is 37.7 Å². The molecule has 0 aromatic heterocycles. The van der Waals surface area contributed by atoms with Crippen molar-refractivity contribution in [3.05, 3.63) is 105 Å². The number of phenolic OH excluding ortho intramolecular Hbond substituents is 6. The minimum absolute atomic E-state index is 0.0292. The second kappa shape index (κ2) is 14.8. The molecule has 6 aromatic rings. The van der Waals surface area contributed by atoms with E-state index in [9.17, 15) is 57.0 Å². The summed E-state index contributed by atoms with van der Waals surface area (Å²) in [7, 11) is 0. The van der Waals surface area contributed by atoms with Crippen molar-refractivity contribution in [2.45, 2.75) is 65.7 Å². The van der Waals surface area contributed by atoms with Gasteiger partial charge in [0.05, 0.1) is 33.6 Å². The molecule has 0 aliphatic carbocycles. The molecule has 14 heteroatoms. The fourth-order valence-corrected chi connectivity index (χ4v) is 7.54. The number of aryl methyl sites for hydroxylation is 2. The molecule has 58 heavy (non-hydrogen) atoms. The van der Waals surface area contributed by atoms with Crippen molar-refractivity contribution < 1.29 is 57.0 Å². The summed E-state index contributed by atoms with van der Waals surface area (Å²) in [6.45, 7) is 10.0. The van der Waals surface area contributed by atoms with Gasteiger partial charge in [-0.2, -0.15) is 26.3 Å². The van der Waals surface area contributed by atoms with Crippen molar-refractivity contribution in [1.82, 2.24) is 0 Å². The van der Waals surface area contributed by atoms with Gasteiger partial charge in [-0.15, -0.1) is 0 Å². The predicted octanol–water partition coefficient (Wildman–Crippen LogP) is 12.3. The van der Waals surface area contributed by atoms with E-state index in [4.69, 9.17) is 0 Å². The maximum Gasteiger partial charge on any atom is 0.418 e. The molecule has 0 atom stereocenters. The van der Waals surface area contributed by atoms with Crippen LogP contribution < -0.4 is 0 Å². The number of phenols is 6. The monoisotopic (exact) mass is 804 g/mol. The number of aliphatic imine (C=N–C) groups is 2. The van der Waals surface area contributed by atoms with Crippen LogP contribution in [0.15, 0.2) is 70.6 Å². The van der Waals surface area contributed by atoms with Gasteiger partial charge in [0.25, 0.3) is 0 Å². The molecule has 0 saturated heterocycles. The van der Waals surface area contributed by atoms with E-state index in [0.717, 1.165) is 36.7 Å². The topological polar surface area (TPSA) is 146 Å². The van der Waals surface area contributed by atoms with Gasteiger partial charge in [0.2, 0.25) is 0 Å². The van der Waals surface area contributed by atoms with E-state index >= 15 is 0 Å². The number of benzene rings is 6. The number of fused-ring (bicyclic) bond motifs is 2. The summed E-state index contributed by atoms with van der Waals surface area (Å²) in [5.74, 6) is -4.80. The van der Waals surface area contributed by atoms with Crippen LogP contribution in [0.25, 0.3) is 32.7 Å². The number of hydrogen-bond donors (Lipinski definition) is 6. The summed E-state index contributed by atoms with van der Waals surface area (Å²) in [6, 6.07) is 12.0. The molecule has 0 radical (unpaired) electrons. The van der Waals surface area contributed by atoms with Crippen LogP contribution >= 0.6 is 0 Å². The van der Waals surface area contributed by atoms with Gasteiger partial charge >= 0.3 is 12.4 Å². The lowest BCUT2D eigenvalue weighted by atomic mass is 9.83. The minimum Gasteiger partial charge on any atom is -0.507 e. The van der Waals surface area contributed by atoms with Crippen LogP contribution in [0.3, 0.4) is 0 Å². The zero-order valence-corrected chi connectivity index (χ0v) is 31.9. The van der Waals surface area contributed by atoms with Crippen molar-refractivity contribution in [3.63, 3.8) is 0 Å². The molecule has 6 N–H and O–H groups in total. The van der Waals surface area contributed by atoms with Crippen molar-refractivity contribution in [2.24, 2.45) is 9.98 Å². The molecule has 0 spiro atoms. The Morgan fingerprint density at radius 3 is 1.14 bits per heavy atom. The molecule has 0 aliphatic rings. The largest absolute Gasteiger partial charge is 0.507 e. The van der Waals surface area contributed by atoms with Gasteiger partial charge in [-0.25, -0.2) is 0 Å². The van der Waals surface area contributed by atoms with Crippen LogP contribution in [0, 0.1) is 13.8 Å². The highest BCUT2D eigenvalue weighted by molar-refractivity contribution is 6.15. The number of alkyl halides is 6. The van der Waals surface area contributed by atoms with Crippen LogP contribution in [-0.4, -0.2) is 43.1 Å². The Balaban J connectivity index is 1.72. The summed E-state index contributed by atoms with van der Waals surface area (Å²) in [5, 5.41) is 69.9. The molecule has 0 aliphatic heterocycles. The molecule has 8 nitrogen and oxygen atoms in total. The Hall–Kier alpha value is -6.44. The molecule has 0 bridgehead atoms. The molecular weight excluding hydrogens is 766 g/mol. The van der Waals surface area contributed by atoms with Crippen LogP contribution in [-0.2, 0) is 12.4 Å². The Morgan fingerprint density at radius 2 is 0.828 bits per heavy atom. The molecule has 0 amide bonds. The van der Waals surface area contributed by atoms with Gasteiger partial charge < -0.3 is 30.6 Å².